The van der Waals surface area contributed by atoms with Crippen molar-refractivity contribution in [2.45, 2.75) is 25.4 Å². The summed E-state index contributed by atoms with van der Waals surface area (Å²) in [5.74, 6) is -1.39. The summed E-state index contributed by atoms with van der Waals surface area (Å²) in [4.78, 5) is 38.5. The van der Waals surface area contributed by atoms with Crippen molar-refractivity contribution in [3.63, 3.8) is 0 Å². The predicted octanol–water partition coefficient (Wildman–Crippen LogP) is -1.34. The zero-order valence-corrected chi connectivity index (χ0v) is 10.9. The van der Waals surface area contributed by atoms with Gasteiger partial charge < -0.3 is 21.1 Å². The first kappa shape index (κ1) is 15.4. The van der Waals surface area contributed by atoms with Crippen LogP contribution in [-0.4, -0.2) is 56.2 Å². The van der Waals surface area contributed by atoms with Crippen LogP contribution in [0.3, 0.4) is 0 Å². The van der Waals surface area contributed by atoms with Gasteiger partial charge in [0.15, 0.2) is 0 Å². The molecule has 0 unspecified atom stereocenters. The lowest BCUT2D eigenvalue weighted by atomic mass is 10.1. The lowest BCUT2D eigenvalue weighted by Crippen LogP contribution is -2.46. The molecular weight excluding hydrogens is 268 g/mol. The summed E-state index contributed by atoms with van der Waals surface area (Å²) in [5, 5.41) is 17.5. The Bertz CT molecular complexity index is 474. The standard InChI is InChI=1S/C10H16N6O4/c1-16(4-8-12-5-13-15-8)10(20)14-6(9(18)19)2-3-7(11)17/h5-6H,2-4H2,1H3,(H2,11,17)(H,14,20)(H,18,19)(H,12,13,15)/t6-/m1/s1. The van der Waals surface area contributed by atoms with Crippen molar-refractivity contribution >= 4 is 17.9 Å². The molecular formula is C10H16N6O4. The Morgan fingerprint density at radius 3 is 2.75 bits per heavy atom. The molecule has 3 amide bonds. The highest BCUT2D eigenvalue weighted by molar-refractivity contribution is 5.83. The summed E-state index contributed by atoms with van der Waals surface area (Å²) in [5.41, 5.74) is 4.95. The number of carbonyl (C=O) groups excluding carboxylic acids is 2. The first-order valence-corrected chi connectivity index (χ1v) is 5.77. The van der Waals surface area contributed by atoms with E-state index in [1.165, 1.54) is 18.3 Å². The molecule has 0 fully saturated rings. The minimum atomic E-state index is -1.23. The van der Waals surface area contributed by atoms with E-state index in [0.29, 0.717) is 5.82 Å². The van der Waals surface area contributed by atoms with Gasteiger partial charge in [0.1, 0.15) is 18.2 Å². The lowest BCUT2D eigenvalue weighted by Gasteiger charge is -2.20. The number of rotatable bonds is 7. The third-order valence-corrected chi connectivity index (χ3v) is 2.47. The van der Waals surface area contributed by atoms with Gasteiger partial charge in [-0.3, -0.25) is 9.89 Å². The van der Waals surface area contributed by atoms with Crippen LogP contribution in [0.25, 0.3) is 0 Å². The van der Waals surface area contributed by atoms with Crippen molar-refractivity contribution in [3.8, 4) is 0 Å². The molecule has 0 aliphatic heterocycles. The van der Waals surface area contributed by atoms with Crippen molar-refractivity contribution in [2.75, 3.05) is 7.05 Å². The summed E-state index contributed by atoms with van der Waals surface area (Å²) in [6, 6.07) is -1.77. The molecule has 10 heteroatoms. The molecule has 0 saturated carbocycles. The van der Waals surface area contributed by atoms with Crippen LogP contribution in [0.4, 0.5) is 4.79 Å². The van der Waals surface area contributed by atoms with Gasteiger partial charge in [0.05, 0.1) is 6.54 Å². The second-order valence-electron chi connectivity index (χ2n) is 4.13. The Hall–Kier alpha value is -2.65. The molecule has 1 heterocycles. The van der Waals surface area contributed by atoms with Crippen molar-refractivity contribution in [2.24, 2.45) is 5.73 Å². The number of nitrogens with zero attached hydrogens (tertiary/aromatic N) is 3. The summed E-state index contributed by atoms with van der Waals surface area (Å²) in [6.07, 6.45) is 1.11. The fourth-order valence-corrected chi connectivity index (χ4v) is 1.41. The topological polar surface area (TPSA) is 154 Å². The number of nitrogens with two attached hydrogens (primary N) is 1. The Kier molecular flexibility index (Phi) is 5.44. The maximum absolute atomic E-state index is 11.8. The molecule has 110 valence electrons. The third kappa shape index (κ3) is 4.92. The maximum atomic E-state index is 11.8. The quantitative estimate of drug-likeness (QED) is 0.486. The zero-order chi connectivity index (χ0) is 15.1. The van der Waals surface area contributed by atoms with E-state index in [1.54, 1.807) is 0 Å². The van der Waals surface area contributed by atoms with Gasteiger partial charge in [-0.05, 0) is 6.42 Å². The normalized spacial score (nSPS) is 11.7. The number of carboxylic acid groups (broad SMARTS) is 1. The SMILES string of the molecule is CN(Cc1ncn[nH]1)C(=O)N[C@H](CCC(N)=O)C(=O)O. The average molecular weight is 284 g/mol. The average Bonchev–Trinajstić information content (AvgIpc) is 2.86. The number of hydrogen-bond donors (Lipinski definition) is 4. The molecule has 0 saturated heterocycles. The molecule has 10 nitrogen and oxygen atoms in total. The van der Waals surface area contributed by atoms with Gasteiger partial charge >= 0.3 is 12.0 Å². The molecule has 1 aromatic rings. The number of urea groups is 1. The number of carboxylic acids is 1. The third-order valence-electron chi connectivity index (χ3n) is 2.47. The minimum absolute atomic E-state index is 0.0629. The van der Waals surface area contributed by atoms with Crippen LogP contribution < -0.4 is 11.1 Å². The Balaban J connectivity index is 2.52. The van der Waals surface area contributed by atoms with Gasteiger partial charge in [-0.15, -0.1) is 0 Å². The Morgan fingerprint density at radius 2 is 2.25 bits per heavy atom. The van der Waals surface area contributed by atoms with Gasteiger partial charge in [0.2, 0.25) is 5.91 Å². The van der Waals surface area contributed by atoms with E-state index in [1.807, 2.05) is 0 Å². The number of hydrogen-bond acceptors (Lipinski definition) is 5. The Morgan fingerprint density at radius 1 is 1.55 bits per heavy atom. The highest BCUT2D eigenvalue weighted by Crippen LogP contribution is 2.00. The second-order valence-corrected chi connectivity index (χ2v) is 4.13. The van der Waals surface area contributed by atoms with E-state index in [-0.39, 0.29) is 19.4 Å². The van der Waals surface area contributed by atoms with E-state index in [2.05, 4.69) is 20.5 Å². The van der Waals surface area contributed by atoms with Crippen molar-refractivity contribution in [3.05, 3.63) is 12.2 Å². The van der Waals surface area contributed by atoms with Gasteiger partial charge in [-0.2, -0.15) is 5.10 Å². The van der Waals surface area contributed by atoms with Gasteiger partial charge in [0.25, 0.3) is 0 Å². The van der Waals surface area contributed by atoms with E-state index >= 15 is 0 Å². The molecule has 1 atom stereocenters. The zero-order valence-electron chi connectivity index (χ0n) is 10.9. The van der Waals surface area contributed by atoms with Gasteiger partial charge in [0, 0.05) is 13.5 Å². The van der Waals surface area contributed by atoms with E-state index < -0.39 is 23.9 Å². The Labute approximate surface area is 114 Å². The highest BCUT2D eigenvalue weighted by Gasteiger charge is 2.22. The van der Waals surface area contributed by atoms with Crippen LogP contribution in [0.5, 0.6) is 0 Å². The number of H-pyrrole nitrogens is 1. The molecule has 0 aliphatic rings. The summed E-state index contributed by atoms with van der Waals surface area (Å²) < 4.78 is 0. The highest BCUT2D eigenvalue weighted by atomic mass is 16.4. The number of aliphatic carboxylic acids is 1. The van der Waals surface area contributed by atoms with Crippen molar-refractivity contribution in [1.29, 1.82) is 0 Å². The smallest absolute Gasteiger partial charge is 0.326 e. The van der Waals surface area contributed by atoms with Crippen LogP contribution in [0.15, 0.2) is 6.33 Å². The molecule has 1 rings (SSSR count). The second kappa shape index (κ2) is 7.07. The number of aromatic amines is 1. The van der Waals surface area contributed by atoms with E-state index in [0.717, 1.165) is 0 Å². The largest absolute Gasteiger partial charge is 0.480 e. The predicted molar refractivity (Wildman–Crippen MR) is 66.2 cm³/mol. The van der Waals surface area contributed by atoms with Gasteiger partial charge in [-0.25, -0.2) is 14.6 Å². The fraction of sp³-hybridized carbons (Fsp3) is 0.500. The molecule has 0 aromatic carbocycles. The molecule has 5 N–H and O–H groups in total. The van der Waals surface area contributed by atoms with E-state index in [4.69, 9.17) is 10.8 Å². The molecule has 0 aliphatic carbocycles. The molecule has 0 radical (unpaired) electrons. The molecule has 20 heavy (non-hydrogen) atoms. The number of primary amides is 1. The summed E-state index contributed by atoms with van der Waals surface area (Å²) in [6.45, 7) is 0.147. The maximum Gasteiger partial charge on any atom is 0.326 e. The van der Waals surface area contributed by atoms with Crippen molar-refractivity contribution < 1.29 is 19.5 Å². The van der Waals surface area contributed by atoms with Crippen LogP contribution in [-0.2, 0) is 16.1 Å². The molecule has 0 spiro atoms. The van der Waals surface area contributed by atoms with Gasteiger partial charge in [-0.1, -0.05) is 0 Å². The minimum Gasteiger partial charge on any atom is -0.480 e. The van der Waals surface area contributed by atoms with Crippen LogP contribution >= 0.6 is 0 Å². The van der Waals surface area contributed by atoms with Crippen molar-refractivity contribution in [1.82, 2.24) is 25.4 Å². The molecule has 0 bridgehead atoms. The summed E-state index contributed by atoms with van der Waals surface area (Å²) >= 11 is 0. The van der Waals surface area contributed by atoms with Crippen LogP contribution in [0, 0.1) is 0 Å². The van der Waals surface area contributed by atoms with Crippen LogP contribution in [0.1, 0.15) is 18.7 Å². The number of amides is 3. The van der Waals surface area contributed by atoms with E-state index in [9.17, 15) is 14.4 Å². The fourth-order valence-electron chi connectivity index (χ4n) is 1.41. The first-order chi connectivity index (χ1) is 9.40. The molecule has 1 aromatic heterocycles. The monoisotopic (exact) mass is 284 g/mol. The first-order valence-electron chi connectivity index (χ1n) is 5.77. The summed E-state index contributed by atoms with van der Waals surface area (Å²) in [7, 11) is 1.48. The number of carbonyl (C=O) groups is 3. The lowest BCUT2D eigenvalue weighted by molar-refractivity contribution is -0.139. The van der Waals surface area contributed by atoms with Crippen LogP contribution in [0.2, 0.25) is 0 Å². The number of nitrogens with one attached hydrogen (secondary N) is 2. The number of aromatic nitrogens is 3.